The summed E-state index contributed by atoms with van der Waals surface area (Å²) >= 11 is 0. The van der Waals surface area contributed by atoms with Gasteiger partial charge in [-0.3, -0.25) is 0 Å². The lowest BCUT2D eigenvalue weighted by atomic mass is 9.92. The van der Waals surface area contributed by atoms with Crippen LogP contribution < -0.4 is 0 Å². The van der Waals surface area contributed by atoms with Crippen molar-refractivity contribution in [3.63, 3.8) is 0 Å². The topological polar surface area (TPSA) is 3.24 Å². The third kappa shape index (κ3) is 7.04. The van der Waals surface area contributed by atoms with Gasteiger partial charge >= 0.3 is 0 Å². The van der Waals surface area contributed by atoms with E-state index in [4.69, 9.17) is 0 Å². The Morgan fingerprint density at radius 2 is 2.00 bits per heavy atom. The fourth-order valence-electron chi connectivity index (χ4n) is 1.82. The van der Waals surface area contributed by atoms with Crippen LogP contribution in [-0.4, -0.2) is 11.9 Å². The Hall–Kier alpha value is -0.980. The van der Waals surface area contributed by atoms with Crippen molar-refractivity contribution in [2.75, 3.05) is 7.05 Å². The molecule has 1 nitrogen and oxygen atoms in total. The highest BCUT2D eigenvalue weighted by molar-refractivity contribution is 5.17. The molecule has 0 spiro atoms. The van der Waals surface area contributed by atoms with Gasteiger partial charge in [-0.05, 0) is 24.8 Å². The first-order chi connectivity index (χ1) is 8.04. The summed E-state index contributed by atoms with van der Waals surface area (Å²) in [4.78, 5) is 2.07. The molecule has 0 aliphatic heterocycles. The third-order valence-electron chi connectivity index (χ3n) is 3.29. The van der Waals surface area contributed by atoms with Crippen molar-refractivity contribution in [1.82, 2.24) is 4.90 Å². The van der Waals surface area contributed by atoms with E-state index in [-0.39, 0.29) is 0 Å². The first-order valence-corrected chi connectivity index (χ1v) is 6.76. The zero-order valence-corrected chi connectivity index (χ0v) is 12.1. The number of hydrogen-bond donors (Lipinski definition) is 0. The number of hydrogen-bond acceptors (Lipinski definition) is 1. The van der Waals surface area contributed by atoms with Crippen LogP contribution in [0.3, 0.4) is 0 Å². The standard InChI is InChI=1S/C16H29N/c1-7-10-11-15(8-2)12-16(9-3)13-17(6)14(4)5/h9,13,15H,3-4,7-8,10-12H2,1-2,5-6H3/b16-13+. The van der Waals surface area contributed by atoms with Crippen molar-refractivity contribution in [2.45, 2.75) is 52.9 Å². The van der Waals surface area contributed by atoms with Crippen LogP contribution in [0.15, 0.2) is 36.7 Å². The average Bonchev–Trinajstić information content (AvgIpc) is 2.32. The molecule has 0 heterocycles. The summed E-state index contributed by atoms with van der Waals surface area (Å²) < 4.78 is 0. The molecular weight excluding hydrogens is 206 g/mol. The SMILES string of the molecule is C=C/C(=C\N(C)C(=C)C)CC(CC)CCCC. The Balaban J connectivity index is 4.45. The fourth-order valence-corrected chi connectivity index (χ4v) is 1.82. The van der Waals surface area contributed by atoms with Gasteiger partial charge in [-0.15, -0.1) is 0 Å². The van der Waals surface area contributed by atoms with E-state index in [0.29, 0.717) is 0 Å². The number of unbranched alkanes of at least 4 members (excludes halogenated alkanes) is 1. The van der Waals surface area contributed by atoms with Crippen LogP contribution >= 0.6 is 0 Å². The van der Waals surface area contributed by atoms with Crippen molar-refractivity contribution < 1.29 is 0 Å². The first-order valence-electron chi connectivity index (χ1n) is 6.76. The molecular formula is C16H29N. The maximum Gasteiger partial charge on any atom is 0.0109 e. The third-order valence-corrected chi connectivity index (χ3v) is 3.29. The van der Waals surface area contributed by atoms with E-state index in [1.54, 1.807) is 0 Å². The van der Waals surface area contributed by atoms with Gasteiger partial charge in [-0.1, -0.05) is 58.8 Å². The molecule has 0 saturated heterocycles. The van der Waals surface area contributed by atoms with Crippen LogP contribution in [0.2, 0.25) is 0 Å². The van der Waals surface area contributed by atoms with Crippen molar-refractivity contribution in [1.29, 1.82) is 0 Å². The summed E-state index contributed by atoms with van der Waals surface area (Å²) in [6.07, 6.45) is 10.5. The first kappa shape index (κ1) is 16.0. The van der Waals surface area contributed by atoms with Gasteiger partial charge < -0.3 is 4.90 Å². The zero-order valence-electron chi connectivity index (χ0n) is 12.1. The summed E-state index contributed by atoms with van der Waals surface area (Å²) in [5.41, 5.74) is 2.38. The van der Waals surface area contributed by atoms with Crippen LogP contribution in [0, 0.1) is 5.92 Å². The highest BCUT2D eigenvalue weighted by Gasteiger charge is 2.08. The van der Waals surface area contributed by atoms with Crippen LogP contribution in [0.1, 0.15) is 52.9 Å². The smallest absolute Gasteiger partial charge is 0.0109 e. The minimum Gasteiger partial charge on any atom is -0.355 e. The van der Waals surface area contributed by atoms with Gasteiger partial charge in [-0.2, -0.15) is 0 Å². The van der Waals surface area contributed by atoms with Crippen molar-refractivity contribution in [2.24, 2.45) is 5.92 Å². The summed E-state index contributed by atoms with van der Waals surface area (Å²) in [7, 11) is 2.04. The Morgan fingerprint density at radius 3 is 2.41 bits per heavy atom. The van der Waals surface area contributed by atoms with Crippen LogP contribution in [-0.2, 0) is 0 Å². The van der Waals surface area contributed by atoms with Gasteiger partial charge in [0.05, 0.1) is 0 Å². The highest BCUT2D eigenvalue weighted by Crippen LogP contribution is 2.22. The van der Waals surface area contributed by atoms with Crippen molar-refractivity contribution in [3.05, 3.63) is 36.7 Å². The molecule has 0 radical (unpaired) electrons. The molecule has 0 aromatic heterocycles. The molecule has 0 saturated carbocycles. The van der Waals surface area contributed by atoms with Gasteiger partial charge in [0, 0.05) is 18.9 Å². The molecule has 0 aliphatic carbocycles. The summed E-state index contributed by atoms with van der Waals surface area (Å²) in [6, 6.07) is 0. The fraction of sp³-hybridized carbons (Fsp3) is 0.625. The molecule has 0 amide bonds. The molecule has 17 heavy (non-hydrogen) atoms. The minimum atomic E-state index is 0.790. The van der Waals surface area contributed by atoms with E-state index >= 15 is 0 Å². The molecule has 0 N–H and O–H groups in total. The van der Waals surface area contributed by atoms with E-state index in [1.165, 1.54) is 31.3 Å². The molecule has 0 aromatic rings. The molecule has 1 atom stereocenters. The van der Waals surface area contributed by atoms with E-state index < -0.39 is 0 Å². The monoisotopic (exact) mass is 235 g/mol. The second-order valence-electron chi connectivity index (χ2n) is 4.87. The van der Waals surface area contributed by atoms with Gasteiger partial charge in [0.15, 0.2) is 0 Å². The number of allylic oxidation sites excluding steroid dienone is 3. The van der Waals surface area contributed by atoms with Gasteiger partial charge in [0.1, 0.15) is 0 Å². The molecule has 0 aromatic carbocycles. The molecule has 1 unspecified atom stereocenters. The Morgan fingerprint density at radius 1 is 1.35 bits per heavy atom. The lowest BCUT2D eigenvalue weighted by molar-refractivity contribution is 0.446. The number of rotatable bonds is 9. The molecule has 0 rings (SSSR count). The van der Waals surface area contributed by atoms with Gasteiger partial charge in [-0.25, -0.2) is 0 Å². The van der Waals surface area contributed by atoms with E-state index in [1.807, 2.05) is 20.0 Å². The largest absolute Gasteiger partial charge is 0.355 e. The lowest BCUT2D eigenvalue weighted by Gasteiger charge is -2.19. The minimum absolute atomic E-state index is 0.790. The van der Waals surface area contributed by atoms with E-state index in [9.17, 15) is 0 Å². The maximum atomic E-state index is 3.94. The van der Waals surface area contributed by atoms with Crippen LogP contribution in [0.5, 0.6) is 0 Å². The molecule has 0 fully saturated rings. The Kier molecular flexibility index (Phi) is 8.57. The summed E-state index contributed by atoms with van der Waals surface area (Å²) in [5.74, 6) is 0.790. The number of nitrogens with zero attached hydrogens (tertiary/aromatic N) is 1. The molecule has 0 aliphatic rings. The molecule has 98 valence electrons. The van der Waals surface area contributed by atoms with E-state index in [0.717, 1.165) is 18.0 Å². The maximum absolute atomic E-state index is 3.94. The van der Waals surface area contributed by atoms with Crippen molar-refractivity contribution in [3.8, 4) is 0 Å². The normalized spacial score (nSPS) is 13.3. The van der Waals surface area contributed by atoms with Crippen LogP contribution in [0.4, 0.5) is 0 Å². The van der Waals surface area contributed by atoms with Crippen molar-refractivity contribution >= 4 is 0 Å². The van der Waals surface area contributed by atoms with E-state index in [2.05, 4.69) is 38.1 Å². The summed E-state index contributed by atoms with van der Waals surface area (Å²) in [6.45, 7) is 14.4. The average molecular weight is 235 g/mol. The predicted molar refractivity (Wildman–Crippen MR) is 78.8 cm³/mol. The molecule has 0 bridgehead atoms. The van der Waals surface area contributed by atoms with Gasteiger partial charge in [0.25, 0.3) is 0 Å². The van der Waals surface area contributed by atoms with Gasteiger partial charge in [0.2, 0.25) is 0 Å². The quantitative estimate of drug-likeness (QED) is 0.501. The molecule has 1 heteroatoms. The Labute approximate surface area is 108 Å². The summed E-state index contributed by atoms with van der Waals surface area (Å²) in [5, 5.41) is 0. The zero-order chi connectivity index (χ0) is 13.3. The Bertz CT molecular complexity index is 263. The second-order valence-corrected chi connectivity index (χ2v) is 4.87. The lowest BCUT2D eigenvalue weighted by Crippen LogP contribution is -2.09. The predicted octanol–water partition coefficient (Wildman–Crippen LogP) is 5.13. The highest BCUT2D eigenvalue weighted by atomic mass is 15.1. The van der Waals surface area contributed by atoms with Crippen LogP contribution in [0.25, 0.3) is 0 Å². The second kappa shape index (κ2) is 9.09.